The first-order valence-corrected chi connectivity index (χ1v) is 4.88. The molecule has 0 radical (unpaired) electrons. The summed E-state index contributed by atoms with van der Waals surface area (Å²) in [5, 5.41) is 9.00. The molecule has 5 heteroatoms. The molecule has 1 rings (SSSR count). The van der Waals surface area contributed by atoms with E-state index < -0.39 is 6.09 Å². The van der Waals surface area contributed by atoms with Gasteiger partial charge >= 0.3 is 6.09 Å². The Kier molecular flexibility index (Phi) is 4.30. The van der Waals surface area contributed by atoms with E-state index in [1.807, 2.05) is 11.9 Å². The molecule has 0 saturated carbocycles. The van der Waals surface area contributed by atoms with E-state index in [1.54, 1.807) is 0 Å². The summed E-state index contributed by atoms with van der Waals surface area (Å²) in [7, 11) is 1.81. The maximum Gasteiger partial charge on any atom is 0.435 e. The molecule has 0 spiro atoms. The largest absolute Gasteiger partial charge is 0.444 e. The lowest BCUT2D eigenvalue weighted by atomic mass is 10.2. The third kappa shape index (κ3) is 3.06. The molecule has 0 aliphatic carbocycles. The minimum Gasteiger partial charge on any atom is -0.444 e. The Balaban J connectivity index is 2.53. The number of carbonyl (C=O) groups is 1. The average Bonchev–Trinajstić information content (AvgIpc) is 2.57. The normalized spacial score (nSPS) is 23.2. The number of aliphatic hydroxyl groups excluding tert-OH is 1. The Bertz CT molecular complexity index is 276. The monoisotopic (exact) mass is 212 g/mol. The highest BCUT2D eigenvalue weighted by Crippen LogP contribution is 2.17. The molecule has 1 amide bonds. The van der Waals surface area contributed by atoms with Gasteiger partial charge in [-0.05, 0) is 6.42 Å². The molecule has 0 aromatic heterocycles. The zero-order chi connectivity index (χ0) is 11.3. The van der Waals surface area contributed by atoms with Gasteiger partial charge in [0, 0.05) is 13.5 Å². The van der Waals surface area contributed by atoms with E-state index in [0.717, 1.165) is 6.42 Å². The first-order valence-electron chi connectivity index (χ1n) is 4.88. The lowest BCUT2D eigenvalue weighted by molar-refractivity contribution is 0.169. The van der Waals surface area contributed by atoms with Crippen LogP contribution in [0.5, 0.6) is 0 Å². The SMILES string of the molecule is C=CCOC(=O)N=C1CC[C@@H](CO)N1C. The number of amidine groups is 1. The van der Waals surface area contributed by atoms with Gasteiger partial charge < -0.3 is 14.7 Å². The molecule has 0 unspecified atom stereocenters. The summed E-state index contributed by atoms with van der Waals surface area (Å²) < 4.78 is 4.74. The molecule has 1 aliphatic rings. The van der Waals surface area contributed by atoms with E-state index in [-0.39, 0.29) is 19.3 Å². The molecule has 1 saturated heterocycles. The van der Waals surface area contributed by atoms with E-state index >= 15 is 0 Å². The van der Waals surface area contributed by atoms with Crippen LogP contribution in [0.3, 0.4) is 0 Å². The van der Waals surface area contributed by atoms with Crippen molar-refractivity contribution in [1.82, 2.24) is 4.90 Å². The van der Waals surface area contributed by atoms with Gasteiger partial charge in [-0.3, -0.25) is 0 Å². The van der Waals surface area contributed by atoms with Crippen LogP contribution in [0.4, 0.5) is 4.79 Å². The molecule has 1 atom stereocenters. The molecular weight excluding hydrogens is 196 g/mol. The molecule has 1 N–H and O–H groups in total. The van der Waals surface area contributed by atoms with Crippen molar-refractivity contribution in [3.63, 3.8) is 0 Å². The summed E-state index contributed by atoms with van der Waals surface area (Å²) in [6.07, 6.45) is 2.41. The van der Waals surface area contributed by atoms with E-state index in [2.05, 4.69) is 11.6 Å². The molecule has 15 heavy (non-hydrogen) atoms. The Morgan fingerprint density at radius 2 is 2.60 bits per heavy atom. The number of carbonyl (C=O) groups excluding carboxylic acids is 1. The third-order valence-corrected chi connectivity index (χ3v) is 2.41. The Labute approximate surface area is 89.1 Å². The van der Waals surface area contributed by atoms with Crippen molar-refractivity contribution in [2.45, 2.75) is 18.9 Å². The van der Waals surface area contributed by atoms with Crippen LogP contribution in [-0.4, -0.2) is 48.2 Å². The number of aliphatic imine (C=N–C) groups is 1. The van der Waals surface area contributed by atoms with Crippen molar-refractivity contribution < 1.29 is 14.6 Å². The first kappa shape index (κ1) is 11.7. The fourth-order valence-electron chi connectivity index (χ4n) is 1.49. The lowest BCUT2D eigenvalue weighted by Gasteiger charge is -2.19. The standard InChI is InChI=1S/C10H16N2O3/c1-3-6-15-10(14)11-9-5-4-8(7-13)12(9)2/h3,8,13H,1,4-7H2,2H3/t8-/m0/s1. The molecule has 0 aromatic rings. The number of rotatable bonds is 3. The number of likely N-dealkylation sites (N-methyl/N-ethyl adjacent to an activating group) is 1. The van der Waals surface area contributed by atoms with Crippen LogP contribution < -0.4 is 0 Å². The van der Waals surface area contributed by atoms with Gasteiger partial charge in [0.25, 0.3) is 0 Å². The summed E-state index contributed by atoms with van der Waals surface area (Å²) >= 11 is 0. The van der Waals surface area contributed by atoms with Crippen LogP contribution in [0.15, 0.2) is 17.6 Å². The van der Waals surface area contributed by atoms with E-state index in [0.29, 0.717) is 12.3 Å². The van der Waals surface area contributed by atoms with Gasteiger partial charge in [-0.1, -0.05) is 12.7 Å². The number of hydrogen-bond donors (Lipinski definition) is 1. The fraction of sp³-hybridized carbons (Fsp3) is 0.600. The maximum absolute atomic E-state index is 11.2. The van der Waals surface area contributed by atoms with Crippen molar-refractivity contribution in [1.29, 1.82) is 0 Å². The summed E-state index contributed by atoms with van der Waals surface area (Å²) in [5.74, 6) is 0.670. The zero-order valence-electron chi connectivity index (χ0n) is 8.85. The highest BCUT2D eigenvalue weighted by Gasteiger charge is 2.26. The van der Waals surface area contributed by atoms with Crippen LogP contribution in [0, 0.1) is 0 Å². The van der Waals surface area contributed by atoms with Crippen molar-refractivity contribution in [2.75, 3.05) is 20.3 Å². The van der Waals surface area contributed by atoms with Crippen LogP contribution in [-0.2, 0) is 4.74 Å². The smallest absolute Gasteiger partial charge is 0.435 e. The van der Waals surface area contributed by atoms with E-state index in [9.17, 15) is 4.79 Å². The first-order chi connectivity index (χ1) is 7.19. The van der Waals surface area contributed by atoms with Crippen molar-refractivity contribution in [3.8, 4) is 0 Å². The molecular formula is C10H16N2O3. The zero-order valence-corrected chi connectivity index (χ0v) is 8.85. The van der Waals surface area contributed by atoms with Crippen molar-refractivity contribution in [3.05, 3.63) is 12.7 Å². The van der Waals surface area contributed by atoms with E-state index in [1.165, 1.54) is 6.08 Å². The molecule has 0 aromatic carbocycles. The molecule has 1 aliphatic heterocycles. The summed E-state index contributed by atoms with van der Waals surface area (Å²) in [6.45, 7) is 3.69. The predicted molar refractivity (Wildman–Crippen MR) is 56.9 cm³/mol. The average molecular weight is 212 g/mol. The van der Waals surface area contributed by atoms with Gasteiger partial charge in [0.2, 0.25) is 0 Å². The Hall–Kier alpha value is -1.36. The van der Waals surface area contributed by atoms with Crippen molar-refractivity contribution in [2.24, 2.45) is 4.99 Å². The maximum atomic E-state index is 11.2. The number of ether oxygens (including phenoxy) is 1. The Morgan fingerprint density at radius 3 is 3.13 bits per heavy atom. The van der Waals surface area contributed by atoms with Crippen LogP contribution >= 0.6 is 0 Å². The minimum absolute atomic E-state index is 0.0657. The summed E-state index contributed by atoms with van der Waals surface area (Å²) in [5.41, 5.74) is 0. The van der Waals surface area contributed by atoms with Crippen LogP contribution in [0.2, 0.25) is 0 Å². The highest BCUT2D eigenvalue weighted by molar-refractivity contribution is 5.93. The van der Waals surface area contributed by atoms with Gasteiger partial charge in [-0.15, -0.1) is 0 Å². The molecule has 84 valence electrons. The Morgan fingerprint density at radius 1 is 1.87 bits per heavy atom. The van der Waals surface area contributed by atoms with Gasteiger partial charge in [0.05, 0.1) is 12.6 Å². The number of amides is 1. The third-order valence-electron chi connectivity index (χ3n) is 2.41. The number of nitrogens with zero attached hydrogens (tertiary/aromatic N) is 2. The van der Waals surface area contributed by atoms with Crippen molar-refractivity contribution >= 4 is 11.9 Å². The quantitative estimate of drug-likeness (QED) is 0.703. The van der Waals surface area contributed by atoms with E-state index in [4.69, 9.17) is 9.84 Å². The predicted octanol–water partition coefficient (Wildman–Crippen LogP) is 0.794. The number of likely N-dealkylation sites (tertiary alicyclic amines) is 1. The topological polar surface area (TPSA) is 62.1 Å². The van der Waals surface area contributed by atoms with Gasteiger partial charge in [-0.2, -0.15) is 4.99 Å². The molecule has 0 bridgehead atoms. The molecule has 1 heterocycles. The number of hydrogen-bond acceptors (Lipinski definition) is 3. The molecule has 5 nitrogen and oxygen atoms in total. The van der Waals surface area contributed by atoms with Crippen LogP contribution in [0.1, 0.15) is 12.8 Å². The van der Waals surface area contributed by atoms with Gasteiger partial charge in [0.15, 0.2) is 0 Å². The summed E-state index contributed by atoms with van der Waals surface area (Å²) in [6, 6.07) is 0.0657. The summed E-state index contributed by atoms with van der Waals surface area (Å²) in [4.78, 5) is 16.8. The van der Waals surface area contributed by atoms with Gasteiger partial charge in [-0.25, -0.2) is 4.79 Å². The van der Waals surface area contributed by atoms with Crippen LogP contribution in [0.25, 0.3) is 0 Å². The molecule has 1 fully saturated rings. The number of aliphatic hydroxyl groups is 1. The second-order valence-electron chi connectivity index (χ2n) is 3.38. The van der Waals surface area contributed by atoms with Gasteiger partial charge in [0.1, 0.15) is 12.4 Å². The lowest BCUT2D eigenvalue weighted by Crippen LogP contribution is -2.31. The second-order valence-corrected chi connectivity index (χ2v) is 3.38. The second kappa shape index (κ2) is 5.50. The highest BCUT2D eigenvalue weighted by atomic mass is 16.5. The minimum atomic E-state index is -0.602. The fourth-order valence-corrected chi connectivity index (χ4v) is 1.49.